The summed E-state index contributed by atoms with van der Waals surface area (Å²) in [6.45, 7) is 6.39. The van der Waals surface area contributed by atoms with Gasteiger partial charge >= 0.3 is 0 Å². The molecule has 1 aliphatic heterocycles. The number of likely N-dealkylation sites (tertiary alicyclic amines) is 1. The fourth-order valence-corrected chi connectivity index (χ4v) is 3.43. The van der Waals surface area contributed by atoms with Gasteiger partial charge in [0, 0.05) is 31.9 Å². The predicted octanol–water partition coefficient (Wildman–Crippen LogP) is 1.26. The van der Waals surface area contributed by atoms with E-state index >= 15 is 0 Å². The van der Waals surface area contributed by atoms with Crippen molar-refractivity contribution in [2.24, 2.45) is 18.7 Å². The number of nitrogens with zero attached hydrogens (tertiary/aromatic N) is 4. The van der Waals surface area contributed by atoms with Crippen LogP contribution in [0, 0.1) is 5.92 Å². The van der Waals surface area contributed by atoms with Crippen LogP contribution in [0.3, 0.4) is 0 Å². The van der Waals surface area contributed by atoms with E-state index in [9.17, 15) is 0 Å². The van der Waals surface area contributed by atoms with Crippen molar-refractivity contribution < 1.29 is 0 Å². The third-order valence-electron chi connectivity index (χ3n) is 4.77. The Morgan fingerprint density at radius 2 is 2.05 bits per heavy atom. The summed E-state index contributed by atoms with van der Waals surface area (Å²) < 4.78 is 1.92. The number of aryl methyl sites for hydroxylation is 2. The van der Waals surface area contributed by atoms with E-state index in [0.29, 0.717) is 6.54 Å². The molecule has 1 atom stereocenters. The van der Waals surface area contributed by atoms with E-state index in [1.807, 2.05) is 11.7 Å². The minimum Gasteiger partial charge on any atom is -0.329 e. The predicted molar refractivity (Wildman–Crippen MR) is 87.2 cm³/mol. The molecule has 0 saturated carbocycles. The van der Waals surface area contributed by atoms with Gasteiger partial charge in [-0.25, -0.2) is 0 Å². The van der Waals surface area contributed by atoms with Gasteiger partial charge in [0.1, 0.15) is 0 Å². The van der Waals surface area contributed by atoms with E-state index in [1.54, 1.807) is 0 Å². The lowest BCUT2D eigenvalue weighted by atomic mass is 9.95. The van der Waals surface area contributed by atoms with Crippen molar-refractivity contribution in [3.8, 4) is 0 Å². The van der Waals surface area contributed by atoms with Crippen LogP contribution in [-0.4, -0.2) is 59.9 Å². The quantitative estimate of drug-likeness (QED) is 0.858. The molecule has 1 unspecified atom stereocenters. The lowest BCUT2D eigenvalue weighted by molar-refractivity contribution is 0.151. The first-order chi connectivity index (χ1) is 10.0. The Kier molecular flexibility index (Phi) is 5.79. The molecule has 0 bridgehead atoms. The molecule has 1 aliphatic rings. The first-order valence-corrected chi connectivity index (χ1v) is 8.16. The summed E-state index contributed by atoms with van der Waals surface area (Å²) in [5.74, 6) is 0.794. The number of piperidine rings is 1. The minimum absolute atomic E-state index is 0.285. The monoisotopic (exact) mass is 293 g/mol. The maximum atomic E-state index is 6.08. The Balaban J connectivity index is 2.02. The number of likely N-dealkylation sites (N-methyl/N-ethyl adjacent to an activating group) is 1. The normalized spacial score (nSPS) is 19.3. The summed E-state index contributed by atoms with van der Waals surface area (Å²) in [6.07, 6.45) is 5.70. The topological polar surface area (TPSA) is 50.3 Å². The molecule has 0 aliphatic carbocycles. The molecule has 1 aromatic rings. The first kappa shape index (κ1) is 16.5. The highest BCUT2D eigenvalue weighted by molar-refractivity contribution is 5.22. The van der Waals surface area contributed by atoms with Gasteiger partial charge in [-0.1, -0.05) is 6.92 Å². The average Bonchev–Trinajstić information content (AvgIpc) is 2.83. The summed E-state index contributed by atoms with van der Waals surface area (Å²) >= 11 is 0. The van der Waals surface area contributed by atoms with E-state index < -0.39 is 0 Å². The highest BCUT2D eigenvalue weighted by Crippen LogP contribution is 2.25. The van der Waals surface area contributed by atoms with Crippen LogP contribution in [0.15, 0.2) is 6.20 Å². The SMILES string of the molecule is CCc1nn(C)cc1C(CN)N(C)CC1CCN(C)CC1. The van der Waals surface area contributed by atoms with Gasteiger partial charge in [-0.2, -0.15) is 5.10 Å². The Bertz CT molecular complexity index is 434. The second-order valence-corrected chi connectivity index (χ2v) is 6.50. The molecule has 2 rings (SSSR count). The average molecular weight is 293 g/mol. The Morgan fingerprint density at radius 1 is 1.38 bits per heavy atom. The van der Waals surface area contributed by atoms with Gasteiger partial charge in [0.2, 0.25) is 0 Å². The summed E-state index contributed by atoms with van der Waals surface area (Å²) in [5.41, 5.74) is 8.57. The minimum atomic E-state index is 0.285. The van der Waals surface area contributed by atoms with E-state index in [1.165, 1.54) is 37.2 Å². The lowest BCUT2D eigenvalue weighted by Crippen LogP contribution is -2.39. The van der Waals surface area contributed by atoms with Gasteiger partial charge in [0.15, 0.2) is 0 Å². The molecule has 0 aromatic carbocycles. The Hall–Kier alpha value is -0.910. The lowest BCUT2D eigenvalue weighted by Gasteiger charge is -2.34. The Labute approximate surface area is 129 Å². The molecule has 5 nitrogen and oxygen atoms in total. The molecule has 1 saturated heterocycles. The molecule has 1 fully saturated rings. The molecule has 120 valence electrons. The van der Waals surface area contributed by atoms with Crippen LogP contribution in [0.25, 0.3) is 0 Å². The molecule has 1 aromatic heterocycles. The standard InChI is InChI=1S/C16H31N5/c1-5-15-14(12-21(4)18-15)16(10-17)20(3)11-13-6-8-19(2)9-7-13/h12-13,16H,5-11,17H2,1-4H3. The van der Waals surface area contributed by atoms with Gasteiger partial charge in [0.05, 0.1) is 11.7 Å². The Morgan fingerprint density at radius 3 is 2.62 bits per heavy atom. The van der Waals surface area contributed by atoms with Crippen LogP contribution >= 0.6 is 0 Å². The van der Waals surface area contributed by atoms with Crippen LogP contribution in [0.4, 0.5) is 0 Å². The smallest absolute Gasteiger partial charge is 0.0670 e. The first-order valence-electron chi connectivity index (χ1n) is 8.16. The van der Waals surface area contributed by atoms with Gasteiger partial charge in [-0.3, -0.25) is 9.58 Å². The maximum Gasteiger partial charge on any atom is 0.0670 e. The second kappa shape index (κ2) is 7.38. The van der Waals surface area contributed by atoms with Crippen molar-refractivity contribution in [3.05, 3.63) is 17.5 Å². The van der Waals surface area contributed by atoms with Crippen molar-refractivity contribution in [3.63, 3.8) is 0 Å². The van der Waals surface area contributed by atoms with Crippen LogP contribution in [-0.2, 0) is 13.5 Å². The van der Waals surface area contributed by atoms with Crippen molar-refractivity contribution in [2.75, 3.05) is 40.3 Å². The number of rotatable bonds is 6. The summed E-state index contributed by atoms with van der Waals surface area (Å²) in [5, 5.41) is 4.56. The third kappa shape index (κ3) is 4.05. The van der Waals surface area contributed by atoms with Crippen molar-refractivity contribution in [1.82, 2.24) is 19.6 Å². The molecule has 0 spiro atoms. The summed E-state index contributed by atoms with van der Waals surface area (Å²) in [7, 11) is 6.42. The van der Waals surface area contributed by atoms with Crippen LogP contribution in [0.1, 0.15) is 37.1 Å². The number of hydrogen-bond acceptors (Lipinski definition) is 4. The molecule has 5 heteroatoms. The maximum absolute atomic E-state index is 6.08. The fourth-order valence-electron chi connectivity index (χ4n) is 3.43. The number of nitrogens with two attached hydrogens (primary N) is 1. The number of hydrogen-bond donors (Lipinski definition) is 1. The largest absolute Gasteiger partial charge is 0.329 e. The molecule has 0 radical (unpaired) electrons. The van der Waals surface area contributed by atoms with E-state index in [-0.39, 0.29) is 6.04 Å². The van der Waals surface area contributed by atoms with Crippen molar-refractivity contribution in [2.45, 2.75) is 32.2 Å². The van der Waals surface area contributed by atoms with Gasteiger partial charge < -0.3 is 10.6 Å². The van der Waals surface area contributed by atoms with Crippen LogP contribution in [0.5, 0.6) is 0 Å². The molecule has 2 N–H and O–H groups in total. The highest BCUT2D eigenvalue weighted by Gasteiger charge is 2.24. The van der Waals surface area contributed by atoms with Crippen molar-refractivity contribution in [1.29, 1.82) is 0 Å². The molecular weight excluding hydrogens is 262 g/mol. The molecule has 21 heavy (non-hydrogen) atoms. The van der Waals surface area contributed by atoms with E-state index in [4.69, 9.17) is 5.73 Å². The third-order valence-corrected chi connectivity index (χ3v) is 4.77. The second-order valence-electron chi connectivity index (χ2n) is 6.50. The zero-order chi connectivity index (χ0) is 15.4. The summed E-state index contributed by atoms with van der Waals surface area (Å²) in [6, 6.07) is 0.285. The van der Waals surface area contributed by atoms with Gasteiger partial charge in [0.25, 0.3) is 0 Å². The van der Waals surface area contributed by atoms with Gasteiger partial charge in [-0.05, 0) is 52.4 Å². The van der Waals surface area contributed by atoms with Gasteiger partial charge in [-0.15, -0.1) is 0 Å². The van der Waals surface area contributed by atoms with E-state index in [2.05, 4.69) is 42.1 Å². The van der Waals surface area contributed by atoms with Crippen LogP contribution < -0.4 is 5.73 Å². The summed E-state index contributed by atoms with van der Waals surface area (Å²) in [4.78, 5) is 4.86. The zero-order valence-electron chi connectivity index (χ0n) is 14.0. The molecule has 2 heterocycles. The van der Waals surface area contributed by atoms with Crippen LogP contribution in [0.2, 0.25) is 0 Å². The zero-order valence-corrected chi connectivity index (χ0v) is 14.0. The fraction of sp³-hybridized carbons (Fsp3) is 0.812. The molecular formula is C16H31N5. The van der Waals surface area contributed by atoms with Crippen molar-refractivity contribution >= 4 is 0 Å². The number of aromatic nitrogens is 2. The van der Waals surface area contributed by atoms with E-state index in [0.717, 1.165) is 18.9 Å². The molecule has 0 amide bonds. The highest BCUT2D eigenvalue weighted by atomic mass is 15.3.